The number of hydrogen-bond acceptors (Lipinski definition) is 16. The number of nitrogens with one attached hydrogen (secondary N) is 6. The molecule has 2 aromatic heterocycles. The second-order valence-electron chi connectivity index (χ2n) is 13.2. The number of anilines is 12. The molecule has 0 amide bonds. The minimum Gasteiger partial charge on any atom is -0.399 e. The third-order valence-electron chi connectivity index (χ3n) is 8.58. The van der Waals surface area contributed by atoms with E-state index in [2.05, 4.69) is 61.8 Å². The summed E-state index contributed by atoms with van der Waals surface area (Å²) in [6, 6.07) is 30.6. The van der Waals surface area contributed by atoms with Crippen molar-refractivity contribution in [3.63, 3.8) is 0 Å². The first-order valence-corrected chi connectivity index (χ1v) is 18.7. The Balaban J connectivity index is 0.977. The van der Waals surface area contributed by atoms with E-state index >= 15 is 0 Å². The van der Waals surface area contributed by atoms with E-state index in [4.69, 9.17) is 22.9 Å². The lowest BCUT2D eigenvalue weighted by Gasteiger charge is -2.12. The van der Waals surface area contributed by atoms with E-state index in [0.717, 1.165) is 61.3 Å². The van der Waals surface area contributed by atoms with Gasteiger partial charge < -0.3 is 54.8 Å². The lowest BCUT2D eigenvalue weighted by molar-refractivity contribution is 0.667. The Hall–Kier alpha value is -7.10. The Kier molecular flexibility index (Phi) is 13.7. The maximum Gasteiger partial charge on any atom is 0.233 e. The molecular weight excluding hydrogens is 705 g/mol. The van der Waals surface area contributed by atoms with E-state index in [0.29, 0.717) is 73.2 Å². The lowest BCUT2D eigenvalue weighted by Crippen LogP contribution is -2.14. The van der Waals surface area contributed by atoms with Crippen LogP contribution in [0.4, 0.5) is 69.8 Å². The van der Waals surface area contributed by atoms with Crippen LogP contribution in [0.5, 0.6) is 0 Å². The van der Waals surface area contributed by atoms with E-state index in [9.17, 15) is 0 Å². The van der Waals surface area contributed by atoms with E-state index < -0.39 is 0 Å². The predicted molar refractivity (Wildman–Crippen MR) is 229 cm³/mol. The second-order valence-corrected chi connectivity index (χ2v) is 13.2. The van der Waals surface area contributed by atoms with Crippen LogP contribution in [-0.2, 0) is 12.8 Å². The number of rotatable bonds is 21. The van der Waals surface area contributed by atoms with Crippen LogP contribution >= 0.6 is 0 Å². The normalized spacial score (nSPS) is 10.8. The molecule has 0 atom stereocenters. The van der Waals surface area contributed by atoms with Gasteiger partial charge in [0.2, 0.25) is 35.7 Å². The van der Waals surface area contributed by atoms with Crippen molar-refractivity contribution in [1.82, 2.24) is 29.9 Å². The quantitative estimate of drug-likeness (QED) is 0.0287. The predicted octanol–water partition coefficient (Wildman–Crippen LogP) is 6.27. The van der Waals surface area contributed by atoms with Crippen molar-refractivity contribution in [1.29, 1.82) is 0 Å². The minimum absolute atomic E-state index is 0.416. The van der Waals surface area contributed by atoms with Crippen molar-refractivity contribution in [2.24, 2.45) is 0 Å². The van der Waals surface area contributed by atoms with Crippen LogP contribution < -0.4 is 54.8 Å². The molecule has 6 aromatic rings. The lowest BCUT2D eigenvalue weighted by atomic mass is 10.1. The van der Waals surface area contributed by atoms with Crippen molar-refractivity contribution in [2.45, 2.75) is 38.5 Å². The first-order valence-electron chi connectivity index (χ1n) is 18.7. The van der Waals surface area contributed by atoms with Gasteiger partial charge in [-0.25, -0.2) is 0 Å². The highest BCUT2D eigenvalue weighted by Gasteiger charge is 2.10. The number of benzene rings is 4. The summed E-state index contributed by atoms with van der Waals surface area (Å²) in [5.41, 5.74) is 30.3. The molecular formula is C40H50N16. The standard InChI is InChI=1S/C40H50N16/c41-29-15-11-27(12-16-29)19-23-47-37-51-35(53-39(55-37)49-33-9-5-7-31(43)25-33)45-21-3-1-2-4-22-46-36-52-38(48-24-20-28-13-17-30(42)18-14-28)56-40(54-36)50-34-10-6-8-32(44)26-34/h5-18,25-26H,1-4,19-24,41-44H2,(H3,45,47,49,51,53,55)(H3,46,48,50,52,54,56). The van der Waals surface area contributed by atoms with E-state index in [-0.39, 0.29) is 0 Å². The maximum absolute atomic E-state index is 5.98. The smallest absolute Gasteiger partial charge is 0.233 e. The molecule has 6 rings (SSSR count). The molecule has 0 bridgehead atoms. The Morgan fingerprint density at radius 1 is 0.357 bits per heavy atom. The molecule has 16 nitrogen and oxygen atoms in total. The van der Waals surface area contributed by atoms with E-state index in [1.807, 2.05) is 97.1 Å². The molecule has 290 valence electrons. The van der Waals surface area contributed by atoms with Gasteiger partial charge in [0.15, 0.2) is 0 Å². The number of nitrogens with zero attached hydrogens (tertiary/aromatic N) is 6. The first kappa shape index (κ1) is 38.6. The van der Waals surface area contributed by atoms with Gasteiger partial charge in [0, 0.05) is 60.3 Å². The van der Waals surface area contributed by atoms with Crippen molar-refractivity contribution in [3.05, 3.63) is 108 Å². The molecule has 16 heteroatoms. The molecule has 14 N–H and O–H groups in total. The molecule has 0 saturated heterocycles. The number of unbranched alkanes of at least 4 members (excludes halogenated alkanes) is 3. The summed E-state index contributed by atoms with van der Waals surface area (Å²) in [7, 11) is 0. The van der Waals surface area contributed by atoms with Crippen molar-refractivity contribution in [2.75, 3.05) is 81.0 Å². The summed E-state index contributed by atoms with van der Waals surface area (Å²) in [4.78, 5) is 27.6. The van der Waals surface area contributed by atoms with Gasteiger partial charge in [-0.05, 0) is 97.5 Å². The van der Waals surface area contributed by atoms with Gasteiger partial charge in [-0.2, -0.15) is 29.9 Å². The fourth-order valence-corrected chi connectivity index (χ4v) is 5.68. The van der Waals surface area contributed by atoms with E-state index in [1.165, 1.54) is 11.1 Å². The van der Waals surface area contributed by atoms with Crippen molar-refractivity contribution < 1.29 is 0 Å². The molecule has 4 aromatic carbocycles. The molecule has 0 spiro atoms. The van der Waals surface area contributed by atoms with Crippen LogP contribution in [0.3, 0.4) is 0 Å². The molecule has 0 saturated carbocycles. The molecule has 0 aliphatic rings. The van der Waals surface area contributed by atoms with Gasteiger partial charge in [0.05, 0.1) is 0 Å². The topological polar surface area (TPSA) is 254 Å². The number of nitrogen functional groups attached to an aromatic ring is 4. The molecule has 0 fully saturated rings. The molecule has 56 heavy (non-hydrogen) atoms. The molecule has 0 aliphatic heterocycles. The summed E-state index contributed by atoms with van der Waals surface area (Å²) in [5.74, 6) is 2.75. The van der Waals surface area contributed by atoms with Gasteiger partial charge >= 0.3 is 0 Å². The minimum atomic E-state index is 0.416. The van der Waals surface area contributed by atoms with Crippen LogP contribution in [0.25, 0.3) is 0 Å². The van der Waals surface area contributed by atoms with Gasteiger partial charge in [-0.15, -0.1) is 0 Å². The van der Waals surface area contributed by atoms with E-state index in [1.54, 1.807) is 0 Å². The zero-order chi connectivity index (χ0) is 39.0. The van der Waals surface area contributed by atoms with Gasteiger partial charge in [-0.1, -0.05) is 49.2 Å². The SMILES string of the molecule is Nc1ccc(CCNc2nc(NCCCCCCNc3nc(NCCc4ccc(N)cc4)nc(Nc4cccc(N)c4)n3)nc(Nc3cccc(N)c3)n2)cc1. The van der Waals surface area contributed by atoms with Gasteiger partial charge in [0.1, 0.15) is 0 Å². The van der Waals surface area contributed by atoms with Crippen LogP contribution in [-0.4, -0.2) is 56.1 Å². The molecule has 2 heterocycles. The van der Waals surface area contributed by atoms with Crippen molar-refractivity contribution >= 4 is 69.8 Å². The largest absolute Gasteiger partial charge is 0.399 e. The third kappa shape index (κ3) is 12.8. The van der Waals surface area contributed by atoms with Crippen LogP contribution in [0.1, 0.15) is 36.8 Å². The fourth-order valence-electron chi connectivity index (χ4n) is 5.68. The zero-order valence-electron chi connectivity index (χ0n) is 31.3. The summed E-state index contributed by atoms with van der Waals surface area (Å²) >= 11 is 0. The Bertz CT molecular complexity index is 1970. The van der Waals surface area contributed by atoms with Gasteiger partial charge in [-0.3, -0.25) is 0 Å². The summed E-state index contributed by atoms with van der Waals surface area (Å²) in [6.07, 6.45) is 5.48. The third-order valence-corrected chi connectivity index (χ3v) is 8.58. The Labute approximate surface area is 326 Å². The summed E-state index contributed by atoms with van der Waals surface area (Å²) in [5, 5.41) is 19.9. The maximum atomic E-state index is 5.98. The van der Waals surface area contributed by atoms with Crippen molar-refractivity contribution in [3.8, 4) is 0 Å². The molecule has 0 unspecified atom stereocenters. The Morgan fingerprint density at radius 3 is 1.09 bits per heavy atom. The number of aromatic nitrogens is 6. The van der Waals surface area contributed by atoms with Crippen LogP contribution in [0, 0.1) is 0 Å². The van der Waals surface area contributed by atoms with Crippen LogP contribution in [0.15, 0.2) is 97.1 Å². The average Bonchev–Trinajstić information content (AvgIpc) is 3.17. The summed E-state index contributed by atoms with van der Waals surface area (Å²) in [6.45, 7) is 2.70. The highest BCUT2D eigenvalue weighted by Crippen LogP contribution is 2.20. The second kappa shape index (κ2) is 19.8. The Morgan fingerprint density at radius 2 is 0.714 bits per heavy atom. The average molecular weight is 755 g/mol. The van der Waals surface area contributed by atoms with Crippen LogP contribution in [0.2, 0.25) is 0 Å². The highest BCUT2D eigenvalue weighted by atomic mass is 15.3. The van der Waals surface area contributed by atoms with Gasteiger partial charge in [0.25, 0.3) is 0 Å². The fraction of sp³-hybridized carbons (Fsp3) is 0.250. The first-order chi connectivity index (χ1) is 27.3. The number of nitrogens with two attached hydrogens (primary N) is 4. The molecule has 0 aliphatic carbocycles. The highest BCUT2D eigenvalue weighted by molar-refractivity contribution is 5.62. The zero-order valence-corrected chi connectivity index (χ0v) is 31.3. The summed E-state index contributed by atoms with van der Waals surface area (Å²) < 4.78 is 0. The number of hydrogen-bond donors (Lipinski definition) is 10. The molecule has 0 radical (unpaired) electrons. The monoisotopic (exact) mass is 754 g/mol.